The van der Waals surface area contributed by atoms with E-state index in [1.54, 1.807) is 13.1 Å². The number of benzene rings is 1. The summed E-state index contributed by atoms with van der Waals surface area (Å²) in [6.45, 7) is 1.98. The minimum atomic E-state index is -0.486. The van der Waals surface area contributed by atoms with Crippen molar-refractivity contribution >= 4 is 29.3 Å². The Kier molecular flexibility index (Phi) is 4.34. The second kappa shape index (κ2) is 5.54. The van der Waals surface area contributed by atoms with Gasteiger partial charge in [-0.3, -0.25) is 15.6 Å². The van der Waals surface area contributed by atoms with Gasteiger partial charge in [-0.1, -0.05) is 30.7 Å². The fourth-order valence-corrected chi connectivity index (χ4v) is 1.84. The van der Waals surface area contributed by atoms with Gasteiger partial charge in [-0.25, -0.2) is 4.79 Å². The number of amides is 2. The maximum atomic E-state index is 11.7. The lowest BCUT2D eigenvalue weighted by Gasteiger charge is -2.21. The number of aryl methyl sites for hydroxylation is 1. The van der Waals surface area contributed by atoms with Gasteiger partial charge in [-0.15, -0.1) is 0 Å². The second-order valence-corrected chi connectivity index (χ2v) is 3.91. The lowest BCUT2D eigenvalue weighted by molar-refractivity contribution is 0.251. The van der Waals surface area contributed by atoms with Gasteiger partial charge in [0.15, 0.2) is 5.96 Å². The number of anilines is 1. The zero-order chi connectivity index (χ0) is 13.0. The first-order valence-electron chi connectivity index (χ1n) is 5.13. The van der Waals surface area contributed by atoms with Crippen LogP contribution in [0.3, 0.4) is 0 Å². The molecule has 1 aromatic rings. The van der Waals surface area contributed by atoms with Gasteiger partial charge in [0.2, 0.25) is 0 Å². The highest BCUT2D eigenvalue weighted by Gasteiger charge is 2.17. The molecule has 5 nitrogen and oxygen atoms in total. The predicted octanol–water partition coefficient (Wildman–Crippen LogP) is 1.94. The number of hydrogen-bond donors (Lipinski definition) is 3. The van der Waals surface area contributed by atoms with Crippen molar-refractivity contribution in [2.45, 2.75) is 13.3 Å². The standard InChI is InChI=1S/C11H15ClN4O/c1-3-7-5-4-6-8(12)9(7)16(2)11(17)15-10(13)14/h4-6H,3H2,1-2H3,(H4,13,14,15,17). The molecule has 0 aliphatic carbocycles. The maximum Gasteiger partial charge on any atom is 0.328 e. The summed E-state index contributed by atoms with van der Waals surface area (Å²) in [6.07, 6.45) is 0.758. The lowest BCUT2D eigenvalue weighted by atomic mass is 10.1. The quantitative estimate of drug-likeness (QED) is 0.557. The van der Waals surface area contributed by atoms with Crippen molar-refractivity contribution < 1.29 is 4.79 Å². The molecule has 6 heteroatoms. The van der Waals surface area contributed by atoms with Crippen LogP contribution in [-0.4, -0.2) is 19.0 Å². The van der Waals surface area contributed by atoms with Crippen LogP contribution in [0.4, 0.5) is 10.5 Å². The van der Waals surface area contributed by atoms with Crippen LogP contribution in [0.25, 0.3) is 0 Å². The Morgan fingerprint density at radius 2 is 2.24 bits per heavy atom. The molecular formula is C11H15ClN4O. The summed E-state index contributed by atoms with van der Waals surface area (Å²) < 4.78 is 0. The van der Waals surface area contributed by atoms with E-state index >= 15 is 0 Å². The van der Waals surface area contributed by atoms with Crippen molar-refractivity contribution in [1.29, 1.82) is 5.41 Å². The third-order valence-electron chi connectivity index (χ3n) is 2.33. The number of rotatable bonds is 2. The molecule has 0 aliphatic heterocycles. The zero-order valence-electron chi connectivity index (χ0n) is 9.75. The van der Waals surface area contributed by atoms with E-state index in [4.69, 9.17) is 22.7 Å². The molecule has 0 aromatic heterocycles. The highest BCUT2D eigenvalue weighted by Crippen LogP contribution is 2.29. The van der Waals surface area contributed by atoms with E-state index < -0.39 is 12.0 Å². The van der Waals surface area contributed by atoms with E-state index in [2.05, 4.69) is 5.32 Å². The lowest BCUT2D eigenvalue weighted by Crippen LogP contribution is -2.44. The Balaban J connectivity index is 3.06. The maximum absolute atomic E-state index is 11.7. The smallest absolute Gasteiger partial charge is 0.328 e. The minimum Gasteiger partial charge on any atom is -0.370 e. The van der Waals surface area contributed by atoms with E-state index in [9.17, 15) is 4.79 Å². The van der Waals surface area contributed by atoms with E-state index in [1.807, 2.05) is 19.1 Å². The molecule has 0 atom stereocenters. The highest BCUT2D eigenvalue weighted by molar-refractivity contribution is 6.34. The largest absolute Gasteiger partial charge is 0.370 e. The van der Waals surface area contributed by atoms with Crippen LogP contribution in [-0.2, 0) is 6.42 Å². The Morgan fingerprint density at radius 1 is 1.59 bits per heavy atom. The predicted molar refractivity (Wildman–Crippen MR) is 69.7 cm³/mol. The number of nitrogens with one attached hydrogen (secondary N) is 2. The van der Waals surface area contributed by atoms with E-state index in [1.165, 1.54) is 4.90 Å². The van der Waals surface area contributed by atoms with E-state index in [-0.39, 0.29) is 0 Å². The first-order valence-corrected chi connectivity index (χ1v) is 5.51. The number of para-hydroxylation sites is 1. The first-order chi connectivity index (χ1) is 7.97. The summed E-state index contributed by atoms with van der Waals surface area (Å²) in [5.74, 6) is -0.396. The Labute approximate surface area is 105 Å². The Hall–Kier alpha value is -1.75. The summed E-state index contributed by atoms with van der Waals surface area (Å²) in [5, 5.41) is 9.72. The number of halogens is 1. The molecule has 1 rings (SSSR count). The fraction of sp³-hybridized carbons (Fsp3) is 0.273. The molecule has 0 saturated heterocycles. The molecule has 0 bridgehead atoms. The molecule has 0 radical (unpaired) electrons. The third-order valence-corrected chi connectivity index (χ3v) is 2.64. The number of hydrogen-bond acceptors (Lipinski definition) is 2. The van der Waals surface area contributed by atoms with E-state index in [0.717, 1.165) is 12.0 Å². The molecule has 92 valence electrons. The van der Waals surface area contributed by atoms with Crippen LogP contribution in [0, 0.1) is 5.41 Å². The molecule has 0 spiro atoms. The molecule has 17 heavy (non-hydrogen) atoms. The molecule has 1 aromatic carbocycles. The van der Waals surface area contributed by atoms with Crippen molar-refractivity contribution in [3.8, 4) is 0 Å². The van der Waals surface area contributed by atoms with Gasteiger partial charge >= 0.3 is 6.03 Å². The Bertz CT molecular complexity index is 447. The van der Waals surface area contributed by atoms with Crippen LogP contribution >= 0.6 is 11.6 Å². The number of urea groups is 1. The molecule has 0 saturated carbocycles. The zero-order valence-corrected chi connectivity index (χ0v) is 10.5. The van der Waals surface area contributed by atoms with Gasteiger partial charge in [0.1, 0.15) is 0 Å². The number of nitrogens with two attached hydrogens (primary N) is 1. The molecule has 0 unspecified atom stereocenters. The molecule has 0 heterocycles. The van der Waals surface area contributed by atoms with Crippen molar-refractivity contribution in [2.75, 3.05) is 11.9 Å². The Morgan fingerprint density at radius 3 is 2.76 bits per heavy atom. The van der Waals surface area contributed by atoms with E-state index in [0.29, 0.717) is 10.7 Å². The normalized spacial score (nSPS) is 9.82. The third kappa shape index (κ3) is 3.10. The molecule has 4 N–H and O–H groups in total. The van der Waals surface area contributed by atoms with Gasteiger partial charge in [0, 0.05) is 7.05 Å². The molecule has 0 fully saturated rings. The minimum absolute atomic E-state index is 0.396. The van der Waals surface area contributed by atoms with Gasteiger partial charge in [0.25, 0.3) is 0 Å². The molecule has 2 amide bonds. The van der Waals surface area contributed by atoms with Gasteiger partial charge in [-0.2, -0.15) is 0 Å². The summed E-state index contributed by atoms with van der Waals surface area (Å²) >= 11 is 6.08. The number of carbonyl (C=O) groups is 1. The number of carbonyl (C=O) groups excluding carboxylic acids is 1. The summed E-state index contributed by atoms with van der Waals surface area (Å²) in [5.41, 5.74) is 6.70. The van der Waals surface area contributed by atoms with Crippen LogP contribution < -0.4 is 16.0 Å². The van der Waals surface area contributed by atoms with Crippen LogP contribution in [0.5, 0.6) is 0 Å². The second-order valence-electron chi connectivity index (χ2n) is 3.50. The number of nitrogens with zero attached hydrogens (tertiary/aromatic N) is 1. The molecule has 0 aliphatic rings. The fourth-order valence-electron chi connectivity index (χ4n) is 1.52. The van der Waals surface area contributed by atoms with Crippen molar-refractivity contribution in [1.82, 2.24) is 5.32 Å². The van der Waals surface area contributed by atoms with Gasteiger partial charge < -0.3 is 5.73 Å². The summed E-state index contributed by atoms with van der Waals surface area (Å²) in [6, 6.07) is 4.97. The summed E-state index contributed by atoms with van der Waals surface area (Å²) in [7, 11) is 1.58. The average molecular weight is 255 g/mol. The first kappa shape index (κ1) is 13.3. The topological polar surface area (TPSA) is 82.2 Å². The van der Waals surface area contributed by atoms with Gasteiger partial charge in [-0.05, 0) is 18.1 Å². The number of guanidine groups is 1. The van der Waals surface area contributed by atoms with Crippen LogP contribution in [0.1, 0.15) is 12.5 Å². The SMILES string of the molecule is CCc1cccc(Cl)c1N(C)C(=O)NC(=N)N. The molecular weight excluding hydrogens is 240 g/mol. The van der Waals surface area contributed by atoms with Crippen LogP contribution in [0.15, 0.2) is 18.2 Å². The average Bonchev–Trinajstić information content (AvgIpc) is 2.26. The van der Waals surface area contributed by atoms with Crippen molar-refractivity contribution in [2.24, 2.45) is 5.73 Å². The van der Waals surface area contributed by atoms with Crippen molar-refractivity contribution in [3.63, 3.8) is 0 Å². The van der Waals surface area contributed by atoms with Gasteiger partial charge in [0.05, 0.1) is 10.7 Å². The monoisotopic (exact) mass is 254 g/mol. The van der Waals surface area contributed by atoms with Crippen LogP contribution in [0.2, 0.25) is 5.02 Å². The van der Waals surface area contributed by atoms with Crippen molar-refractivity contribution in [3.05, 3.63) is 28.8 Å². The highest BCUT2D eigenvalue weighted by atomic mass is 35.5. The summed E-state index contributed by atoms with van der Waals surface area (Å²) in [4.78, 5) is 13.1.